The zero-order chi connectivity index (χ0) is 27.1. The molecule has 1 heterocycles. The number of hydrogen-bond donors (Lipinski definition) is 0. The van der Waals surface area contributed by atoms with Crippen molar-refractivity contribution in [3.05, 3.63) is 87.0 Å². The van der Waals surface area contributed by atoms with Crippen molar-refractivity contribution in [1.29, 1.82) is 0 Å². The number of rotatable bonds is 11. The van der Waals surface area contributed by atoms with Crippen LogP contribution in [0.25, 0.3) is 6.08 Å². The standard InChI is InChI=1S/C28H25BrFNO6S/c1-3-35-24-15-19(14-21(29)26(24)37-17-18-8-10-20(30)11-9-18)16-25-27(32)31(28(33)38-25)12-13-36-23-7-5-4-6-22(23)34-2/h4-11,14-16H,3,12-13,17H2,1-2H3/b25-16-. The Labute approximate surface area is 232 Å². The molecule has 10 heteroatoms. The minimum atomic E-state index is -0.394. The second-order valence-corrected chi connectivity index (χ2v) is 9.86. The van der Waals surface area contributed by atoms with Crippen LogP contribution in [0.15, 0.2) is 70.0 Å². The van der Waals surface area contributed by atoms with Gasteiger partial charge in [0.1, 0.15) is 19.0 Å². The van der Waals surface area contributed by atoms with Crippen LogP contribution in [0.2, 0.25) is 0 Å². The number of halogens is 2. The Morgan fingerprint density at radius 2 is 1.71 bits per heavy atom. The van der Waals surface area contributed by atoms with Gasteiger partial charge in [0.25, 0.3) is 11.1 Å². The Bertz CT molecular complexity index is 1350. The first kappa shape index (κ1) is 27.5. The van der Waals surface area contributed by atoms with E-state index in [4.69, 9.17) is 18.9 Å². The minimum absolute atomic E-state index is 0.101. The smallest absolute Gasteiger partial charge is 0.293 e. The molecular weight excluding hydrogens is 577 g/mol. The summed E-state index contributed by atoms with van der Waals surface area (Å²) in [6.07, 6.45) is 1.64. The average Bonchev–Trinajstić information content (AvgIpc) is 3.17. The van der Waals surface area contributed by atoms with Crippen molar-refractivity contribution in [2.45, 2.75) is 13.5 Å². The van der Waals surface area contributed by atoms with E-state index in [0.29, 0.717) is 44.5 Å². The zero-order valence-corrected chi connectivity index (χ0v) is 23.1. The summed E-state index contributed by atoms with van der Waals surface area (Å²) in [5.41, 5.74) is 1.46. The van der Waals surface area contributed by atoms with Crippen LogP contribution < -0.4 is 18.9 Å². The molecular formula is C28H25BrFNO6S. The summed E-state index contributed by atoms with van der Waals surface area (Å²) in [6, 6.07) is 16.7. The zero-order valence-electron chi connectivity index (χ0n) is 20.7. The number of amides is 2. The van der Waals surface area contributed by atoms with Gasteiger partial charge < -0.3 is 18.9 Å². The highest BCUT2D eigenvalue weighted by molar-refractivity contribution is 9.10. The first-order chi connectivity index (χ1) is 18.4. The van der Waals surface area contributed by atoms with Crippen LogP contribution in [0.1, 0.15) is 18.1 Å². The van der Waals surface area contributed by atoms with E-state index < -0.39 is 5.91 Å². The molecule has 0 N–H and O–H groups in total. The molecule has 0 radical (unpaired) electrons. The summed E-state index contributed by atoms with van der Waals surface area (Å²) in [6.45, 7) is 2.69. The monoisotopic (exact) mass is 601 g/mol. The number of ether oxygens (including phenoxy) is 4. The molecule has 7 nitrogen and oxygen atoms in total. The molecule has 0 unspecified atom stereocenters. The highest BCUT2D eigenvalue weighted by Crippen LogP contribution is 2.40. The van der Waals surface area contributed by atoms with E-state index in [9.17, 15) is 14.0 Å². The van der Waals surface area contributed by atoms with E-state index in [1.165, 1.54) is 12.1 Å². The second-order valence-electron chi connectivity index (χ2n) is 8.01. The van der Waals surface area contributed by atoms with Crippen LogP contribution in [-0.2, 0) is 11.4 Å². The van der Waals surface area contributed by atoms with Crippen LogP contribution in [0.3, 0.4) is 0 Å². The Hall–Kier alpha value is -3.50. The van der Waals surface area contributed by atoms with Gasteiger partial charge >= 0.3 is 0 Å². The van der Waals surface area contributed by atoms with Gasteiger partial charge in [-0.15, -0.1) is 0 Å². The Morgan fingerprint density at radius 1 is 0.974 bits per heavy atom. The summed E-state index contributed by atoms with van der Waals surface area (Å²) >= 11 is 4.39. The fourth-order valence-corrected chi connectivity index (χ4v) is 5.08. The van der Waals surface area contributed by atoms with Gasteiger partial charge in [-0.05, 0) is 88.2 Å². The van der Waals surface area contributed by atoms with Gasteiger partial charge in [0, 0.05) is 0 Å². The van der Waals surface area contributed by atoms with E-state index in [0.717, 1.165) is 22.2 Å². The van der Waals surface area contributed by atoms with Crippen molar-refractivity contribution >= 4 is 44.9 Å². The van der Waals surface area contributed by atoms with Crippen molar-refractivity contribution in [1.82, 2.24) is 4.90 Å². The van der Waals surface area contributed by atoms with E-state index in [1.807, 2.05) is 19.1 Å². The third-order valence-corrected chi connectivity index (χ3v) is 6.94. The quantitative estimate of drug-likeness (QED) is 0.227. The van der Waals surface area contributed by atoms with Gasteiger partial charge in [0.2, 0.25) is 0 Å². The molecule has 1 aliphatic heterocycles. The summed E-state index contributed by atoms with van der Waals surface area (Å²) in [4.78, 5) is 27.0. The predicted octanol–water partition coefficient (Wildman–Crippen LogP) is 6.69. The third-order valence-electron chi connectivity index (χ3n) is 5.44. The molecule has 1 aliphatic rings. The molecule has 3 aromatic carbocycles. The molecule has 3 aromatic rings. The van der Waals surface area contributed by atoms with Crippen molar-refractivity contribution in [2.24, 2.45) is 0 Å². The van der Waals surface area contributed by atoms with Gasteiger partial charge in [0.05, 0.1) is 29.6 Å². The van der Waals surface area contributed by atoms with Crippen LogP contribution in [-0.4, -0.2) is 42.9 Å². The molecule has 0 aromatic heterocycles. The highest BCUT2D eigenvalue weighted by atomic mass is 79.9. The van der Waals surface area contributed by atoms with Gasteiger partial charge in [-0.25, -0.2) is 4.39 Å². The van der Waals surface area contributed by atoms with E-state index >= 15 is 0 Å². The molecule has 0 bridgehead atoms. The number of thioether (sulfide) groups is 1. The van der Waals surface area contributed by atoms with E-state index in [1.54, 1.807) is 49.6 Å². The largest absolute Gasteiger partial charge is 0.493 e. The van der Waals surface area contributed by atoms with E-state index in [2.05, 4.69) is 15.9 Å². The summed E-state index contributed by atoms with van der Waals surface area (Å²) in [7, 11) is 1.54. The van der Waals surface area contributed by atoms with E-state index in [-0.39, 0.29) is 30.8 Å². The van der Waals surface area contributed by atoms with Crippen LogP contribution in [0.4, 0.5) is 9.18 Å². The Balaban J connectivity index is 1.45. The Kier molecular flexibility index (Phi) is 9.30. The molecule has 0 saturated carbocycles. The molecule has 1 saturated heterocycles. The van der Waals surface area contributed by atoms with Crippen molar-refractivity contribution in [3.8, 4) is 23.0 Å². The lowest BCUT2D eigenvalue weighted by Crippen LogP contribution is -2.32. The predicted molar refractivity (Wildman–Crippen MR) is 147 cm³/mol. The fourth-order valence-electron chi connectivity index (χ4n) is 3.64. The number of carbonyl (C=O) groups excluding carboxylic acids is 2. The summed E-state index contributed by atoms with van der Waals surface area (Å²) < 4.78 is 36.5. The molecule has 0 atom stereocenters. The maximum atomic E-state index is 13.2. The molecule has 4 rings (SSSR count). The first-order valence-electron chi connectivity index (χ1n) is 11.7. The average molecular weight is 602 g/mol. The van der Waals surface area contributed by atoms with Gasteiger partial charge in [-0.2, -0.15) is 0 Å². The fraction of sp³-hybridized carbons (Fsp3) is 0.214. The summed E-state index contributed by atoms with van der Waals surface area (Å²) in [5, 5.41) is -0.367. The number of carbonyl (C=O) groups is 2. The second kappa shape index (κ2) is 12.8. The number of para-hydroxylation sites is 2. The lowest BCUT2D eigenvalue weighted by atomic mass is 10.1. The number of benzene rings is 3. The number of imide groups is 1. The molecule has 198 valence electrons. The van der Waals surface area contributed by atoms with Gasteiger partial charge in [-0.3, -0.25) is 14.5 Å². The maximum absolute atomic E-state index is 13.2. The van der Waals surface area contributed by atoms with Crippen molar-refractivity contribution in [2.75, 3.05) is 26.9 Å². The van der Waals surface area contributed by atoms with Crippen LogP contribution >= 0.6 is 27.7 Å². The molecule has 2 amide bonds. The maximum Gasteiger partial charge on any atom is 0.293 e. The number of nitrogens with zero attached hydrogens (tertiary/aromatic N) is 1. The lowest BCUT2D eigenvalue weighted by molar-refractivity contribution is -0.123. The Morgan fingerprint density at radius 3 is 2.42 bits per heavy atom. The molecule has 0 aliphatic carbocycles. The number of methoxy groups -OCH3 is 1. The normalized spacial score (nSPS) is 14.2. The topological polar surface area (TPSA) is 74.3 Å². The molecule has 38 heavy (non-hydrogen) atoms. The van der Waals surface area contributed by atoms with Crippen LogP contribution in [0.5, 0.6) is 23.0 Å². The summed E-state index contributed by atoms with van der Waals surface area (Å²) in [5.74, 6) is 1.35. The minimum Gasteiger partial charge on any atom is -0.493 e. The highest BCUT2D eigenvalue weighted by Gasteiger charge is 2.35. The van der Waals surface area contributed by atoms with Gasteiger partial charge in [-0.1, -0.05) is 24.3 Å². The molecule has 1 fully saturated rings. The van der Waals surface area contributed by atoms with Crippen molar-refractivity contribution in [3.63, 3.8) is 0 Å². The molecule has 0 spiro atoms. The lowest BCUT2D eigenvalue weighted by Gasteiger charge is -2.15. The van der Waals surface area contributed by atoms with Crippen LogP contribution in [0, 0.1) is 5.82 Å². The number of hydrogen-bond acceptors (Lipinski definition) is 7. The first-order valence-corrected chi connectivity index (χ1v) is 13.3. The van der Waals surface area contributed by atoms with Crippen molar-refractivity contribution < 1.29 is 32.9 Å². The SMILES string of the molecule is CCOc1cc(/C=C2\SC(=O)N(CCOc3ccccc3OC)C2=O)cc(Br)c1OCc1ccc(F)cc1. The third kappa shape index (κ3) is 6.68. The van der Waals surface area contributed by atoms with Gasteiger partial charge in [0.15, 0.2) is 23.0 Å².